The average Bonchev–Trinajstić information content (AvgIpc) is 3.05. The highest BCUT2D eigenvalue weighted by molar-refractivity contribution is 7.18. The molecule has 1 aromatic rings. The van der Waals surface area contributed by atoms with E-state index in [0.717, 1.165) is 32.1 Å². The third-order valence-corrected chi connectivity index (χ3v) is 7.10. The number of carbonyl (C=O) groups excluding carboxylic acids is 3. The third kappa shape index (κ3) is 5.32. The van der Waals surface area contributed by atoms with E-state index in [1.807, 2.05) is 0 Å². The number of halogens is 1. The van der Waals surface area contributed by atoms with E-state index in [0.29, 0.717) is 41.4 Å². The van der Waals surface area contributed by atoms with E-state index in [1.165, 1.54) is 11.3 Å². The zero-order valence-electron chi connectivity index (χ0n) is 15.8. The Morgan fingerprint density at radius 3 is 2.63 bits per heavy atom. The quantitative estimate of drug-likeness (QED) is 0.719. The van der Waals surface area contributed by atoms with Crippen LogP contribution in [0.5, 0.6) is 0 Å². The Hall–Kier alpha value is -1.40. The van der Waals surface area contributed by atoms with Crippen molar-refractivity contribution in [1.82, 2.24) is 10.2 Å². The molecule has 1 aliphatic carbocycles. The van der Waals surface area contributed by atoms with Gasteiger partial charge < -0.3 is 10.2 Å². The summed E-state index contributed by atoms with van der Waals surface area (Å²) in [4.78, 5) is 39.5. The number of hydrogen-bond acceptors (Lipinski definition) is 4. The van der Waals surface area contributed by atoms with Crippen molar-refractivity contribution in [1.29, 1.82) is 0 Å². The van der Waals surface area contributed by atoms with Crippen molar-refractivity contribution >= 4 is 40.5 Å². The highest BCUT2D eigenvalue weighted by atomic mass is 35.5. The van der Waals surface area contributed by atoms with Crippen molar-refractivity contribution in [3.8, 4) is 0 Å². The van der Waals surface area contributed by atoms with Gasteiger partial charge in [-0.2, -0.15) is 0 Å². The van der Waals surface area contributed by atoms with Gasteiger partial charge in [0, 0.05) is 38.9 Å². The maximum Gasteiger partial charge on any atom is 0.222 e. The van der Waals surface area contributed by atoms with Gasteiger partial charge in [-0.25, -0.2) is 0 Å². The molecule has 7 heteroatoms. The first-order chi connectivity index (χ1) is 12.9. The summed E-state index contributed by atoms with van der Waals surface area (Å²) in [5.74, 6) is 0.218. The summed E-state index contributed by atoms with van der Waals surface area (Å²) < 4.78 is 0.616. The number of carbonyl (C=O) groups is 3. The van der Waals surface area contributed by atoms with Crippen molar-refractivity contribution in [2.75, 3.05) is 13.6 Å². The van der Waals surface area contributed by atoms with Gasteiger partial charge in [-0.15, -0.1) is 11.3 Å². The van der Waals surface area contributed by atoms with Crippen molar-refractivity contribution in [2.45, 2.75) is 63.8 Å². The van der Waals surface area contributed by atoms with Crippen LogP contribution >= 0.6 is 22.9 Å². The first kappa shape index (κ1) is 20.3. The number of rotatable bonds is 6. The van der Waals surface area contributed by atoms with Crippen LogP contribution in [-0.4, -0.2) is 42.1 Å². The zero-order valence-corrected chi connectivity index (χ0v) is 17.3. The molecule has 1 aliphatic heterocycles. The van der Waals surface area contributed by atoms with Crippen LogP contribution < -0.4 is 5.32 Å². The number of thiophene rings is 1. The Kier molecular flexibility index (Phi) is 6.58. The molecule has 2 fully saturated rings. The number of piperidine rings is 1. The van der Waals surface area contributed by atoms with Crippen molar-refractivity contribution in [2.24, 2.45) is 5.41 Å². The third-order valence-electron chi connectivity index (χ3n) is 5.83. The number of ketones is 1. The standard InChI is InChI=1S/C20H27ClN2O3S/c1-23-13-14(5-8-19(23)26)22-18(25)12-20(9-3-2-4-10-20)11-15(24)16-6-7-17(21)27-16/h6-7,14H,2-5,8-13H2,1H3,(H,22,25)/t14-/m0/s1. The molecule has 1 saturated heterocycles. The van der Waals surface area contributed by atoms with Gasteiger partial charge in [-0.3, -0.25) is 14.4 Å². The van der Waals surface area contributed by atoms with Gasteiger partial charge in [0.25, 0.3) is 0 Å². The summed E-state index contributed by atoms with van der Waals surface area (Å²) in [6, 6.07) is 3.54. The molecule has 2 heterocycles. The molecular formula is C20H27ClN2O3S. The predicted molar refractivity (Wildman–Crippen MR) is 107 cm³/mol. The van der Waals surface area contributed by atoms with Gasteiger partial charge in [0.2, 0.25) is 11.8 Å². The van der Waals surface area contributed by atoms with Crippen LogP contribution in [0.4, 0.5) is 0 Å². The normalized spacial score (nSPS) is 22.5. The Morgan fingerprint density at radius 1 is 1.26 bits per heavy atom. The molecule has 5 nitrogen and oxygen atoms in total. The van der Waals surface area contributed by atoms with Crippen LogP contribution in [0.2, 0.25) is 4.34 Å². The minimum atomic E-state index is -0.258. The molecule has 0 unspecified atom stereocenters. The van der Waals surface area contributed by atoms with Crippen LogP contribution in [0.1, 0.15) is 67.5 Å². The van der Waals surface area contributed by atoms with Gasteiger partial charge in [0.1, 0.15) is 0 Å². The van der Waals surface area contributed by atoms with E-state index >= 15 is 0 Å². The fraction of sp³-hybridized carbons (Fsp3) is 0.650. The monoisotopic (exact) mass is 410 g/mol. The molecule has 1 atom stereocenters. The lowest BCUT2D eigenvalue weighted by molar-refractivity contribution is -0.134. The first-order valence-electron chi connectivity index (χ1n) is 9.69. The summed E-state index contributed by atoms with van der Waals surface area (Å²) in [7, 11) is 1.77. The van der Waals surface area contributed by atoms with Gasteiger partial charge in [0.15, 0.2) is 5.78 Å². The Bertz CT molecular complexity index is 712. The van der Waals surface area contributed by atoms with E-state index in [2.05, 4.69) is 5.32 Å². The lowest BCUT2D eigenvalue weighted by Gasteiger charge is -2.37. The largest absolute Gasteiger partial charge is 0.352 e. The highest BCUT2D eigenvalue weighted by Gasteiger charge is 2.37. The minimum absolute atomic E-state index is 0.00154. The molecule has 148 valence electrons. The SMILES string of the molecule is CN1C[C@@H](NC(=O)CC2(CC(=O)c3ccc(Cl)s3)CCCCC2)CCC1=O. The molecule has 3 rings (SSSR count). The van der Waals surface area contributed by atoms with Crippen molar-refractivity contribution < 1.29 is 14.4 Å². The Morgan fingerprint density at radius 2 is 2.00 bits per heavy atom. The van der Waals surface area contributed by atoms with E-state index in [4.69, 9.17) is 11.6 Å². The molecule has 1 saturated carbocycles. The van der Waals surface area contributed by atoms with E-state index in [9.17, 15) is 14.4 Å². The van der Waals surface area contributed by atoms with Crippen LogP contribution in [0.3, 0.4) is 0 Å². The van der Waals surface area contributed by atoms with Gasteiger partial charge in [-0.1, -0.05) is 30.9 Å². The van der Waals surface area contributed by atoms with Gasteiger partial charge in [-0.05, 0) is 36.8 Å². The lowest BCUT2D eigenvalue weighted by atomic mass is 9.68. The highest BCUT2D eigenvalue weighted by Crippen LogP contribution is 2.43. The fourth-order valence-corrected chi connectivity index (χ4v) is 5.34. The van der Waals surface area contributed by atoms with Crippen molar-refractivity contribution in [3.63, 3.8) is 0 Å². The number of nitrogens with zero attached hydrogens (tertiary/aromatic N) is 1. The fourth-order valence-electron chi connectivity index (χ4n) is 4.36. The molecule has 0 bridgehead atoms. The summed E-state index contributed by atoms with van der Waals surface area (Å²) >= 11 is 7.28. The minimum Gasteiger partial charge on any atom is -0.352 e. The number of hydrogen-bond donors (Lipinski definition) is 1. The van der Waals surface area contributed by atoms with Crippen LogP contribution in [0, 0.1) is 5.41 Å². The molecule has 2 amide bonds. The van der Waals surface area contributed by atoms with Gasteiger partial charge >= 0.3 is 0 Å². The summed E-state index contributed by atoms with van der Waals surface area (Å²) in [5.41, 5.74) is -0.258. The summed E-state index contributed by atoms with van der Waals surface area (Å²) in [6.45, 7) is 0.560. The molecule has 1 N–H and O–H groups in total. The van der Waals surface area contributed by atoms with Crippen LogP contribution in [-0.2, 0) is 9.59 Å². The smallest absolute Gasteiger partial charge is 0.222 e. The molecule has 0 radical (unpaired) electrons. The molecule has 1 aromatic heterocycles. The number of likely N-dealkylation sites (N-methyl/N-ethyl adjacent to an activating group) is 1. The van der Waals surface area contributed by atoms with E-state index in [-0.39, 0.29) is 29.1 Å². The first-order valence-corrected chi connectivity index (χ1v) is 10.9. The van der Waals surface area contributed by atoms with Crippen LogP contribution in [0.25, 0.3) is 0 Å². The second-order valence-corrected chi connectivity index (χ2v) is 9.73. The summed E-state index contributed by atoms with van der Waals surface area (Å²) in [6.07, 6.45) is 7.06. The summed E-state index contributed by atoms with van der Waals surface area (Å²) in [5, 5.41) is 3.10. The maximum absolute atomic E-state index is 12.8. The van der Waals surface area contributed by atoms with E-state index in [1.54, 1.807) is 24.1 Å². The van der Waals surface area contributed by atoms with Crippen LogP contribution in [0.15, 0.2) is 12.1 Å². The second kappa shape index (κ2) is 8.74. The Balaban J connectivity index is 1.62. The number of likely N-dealkylation sites (tertiary alicyclic amines) is 1. The molecule has 0 aromatic carbocycles. The number of amides is 2. The zero-order chi connectivity index (χ0) is 19.4. The topological polar surface area (TPSA) is 66.5 Å². The van der Waals surface area contributed by atoms with Crippen molar-refractivity contribution in [3.05, 3.63) is 21.3 Å². The number of nitrogens with one attached hydrogen (secondary N) is 1. The molecule has 27 heavy (non-hydrogen) atoms. The molecular weight excluding hydrogens is 384 g/mol. The lowest BCUT2D eigenvalue weighted by Crippen LogP contribution is -2.49. The van der Waals surface area contributed by atoms with E-state index < -0.39 is 0 Å². The second-order valence-electron chi connectivity index (χ2n) is 8.02. The molecule has 0 spiro atoms. The Labute approximate surface area is 169 Å². The maximum atomic E-state index is 12.8. The average molecular weight is 411 g/mol. The predicted octanol–water partition coefficient (Wildman–Crippen LogP) is 4.05. The number of Topliss-reactive ketones (excluding diaryl/α,β-unsaturated/α-hetero) is 1. The van der Waals surface area contributed by atoms with Gasteiger partial charge in [0.05, 0.1) is 9.21 Å². The molecule has 2 aliphatic rings.